The van der Waals surface area contributed by atoms with E-state index in [1.165, 1.54) is 70.3 Å². The Kier molecular flexibility index (Phi) is 9.94. The van der Waals surface area contributed by atoms with Gasteiger partial charge in [-0.25, -0.2) is 4.39 Å². The zero-order valence-corrected chi connectivity index (χ0v) is 13.9. The molecule has 0 spiro atoms. The molecule has 0 amide bonds. The third kappa shape index (κ3) is 8.75. The van der Waals surface area contributed by atoms with E-state index in [1.807, 2.05) is 13.0 Å². The summed E-state index contributed by atoms with van der Waals surface area (Å²) in [7, 11) is 0. The van der Waals surface area contributed by atoms with Crippen molar-refractivity contribution in [3.05, 3.63) is 29.6 Å². The molecule has 2 heteroatoms. The third-order valence-electron chi connectivity index (χ3n) is 4.03. The molecule has 0 radical (unpaired) electrons. The van der Waals surface area contributed by atoms with E-state index in [0.717, 1.165) is 17.8 Å². The average Bonchev–Trinajstić information content (AvgIpc) is 2.46. The molecular weight excluding hydrogens is 261 g/mol. The largest absolute Gasteiger partial charge is 0.385 e. The van der Waals surface area contributed by atoms with Crippen LogP contribution in [-0.2, 0) is 0 Å². The van der Waals surface area contributed by atoms with Gasteiger partial charge in [0.05, 0.1) is 0 Å². The van der Waals surface area contributed by atoms with Crippen molar-refractivity contribution >= 4 is 5.69 Å². The summed E-state index contributed by atoms with van der Waals surface area (Å²) in [5, 5.41) is 3.40. The molecule has 1 nitrogen and oxygen atoms in total. The van der Waals surface area contributed by atoms with Crippen LogP contribution in [0.15, 0.2) is 18.2 Å². The number of hydrogen-bond donors (Lipinski definition) is 1. The highest BCUT2D eigenvalue weighted by atomic mass is 19.1. The van der Waals surface area contributed by atoms with Gasteiger partial charge in [0, 0.05) is 12.2 Å². The lowest BCUT2D eigenvalue weighted by Gasteiger charge is -2.09. The van der Waals surface area contributed by atoms with Crippen molar-refractivity contribution in [2.75, 3.05) is 11.9 Å². The SMILES string of the molecule is CCCCCCCCCCCCNc1ccc(F)cc1C. The molecule has 21 heavy (non-hydrogen) atoms. The highest BCUT2D eigenvalue weighted by Gasteiger charge is 1.99. The molecule has 0 unspecified atom stereocenters. The molecule has 0 heterocycles. The summed E-state index contributed by atoms with van der Waals surface area (Å²) < 4.78 is 13.0. The molecule has 1 rings (SSSR count). The molecule has 1 aromatic rings. The summed E-state index contributed by atoms with van der Waals surface area (Å²) >= 11 is 0. The van der Waals surface area contributed by atoms with Crippen LogP contribution >= 0.6 is 0 Å². The van der Waals surface area contributed by atoms with E-state index in [1.54, 1.807) is 6.07 Å². The predicted molar refractivity (Wildman–Crippen MR) is 91.5 cm³/mol. The van der Waals surface area contributed by atoms with Gasteiger partial charge in [-0.2, -0.15) is 0 Å². The Hall–Kier alpha value is -1.05. The quantitative estimate of drug-likeness (QED) is 0.436. The molecular formula is C19H32FN. The number of hydrogen-bond acceptors (Lipinski definition) is 1. The molecule has 0 aliphatic carbocycles. The maximum absolute atomic E-state index is 13.0. The second kappa shape index (κ2) is 11.6. The van der Waals surface area contributed by atoms with Crippen molar-refractivity contribution in [1.82, 2.24) is 0 Å². The van der Waals surface area contributed by atoms with Gasteiger partial charge in [-0.3, -0.25) is 0 Å². The number of rotatable bonds is 12. The predicted octanol–water partition coefficient (Wildman–Crippen LogP) is 6.47. The van der Waals surface area contributed by atoms with Crippen LogP contribution in [-0.4, -0.2) is 6.54 Å². The lowest BCUT2D eigenvalue weighted by Crippen LogP contribution is -2.03. The molecule has 1 N–H and O–H groups in total. The smallest absolute Gasteiger partial charge is 0.123 e. The Labute approximate surface area is 130 Å². The normalized spacial score (nSPS) is 10.8. The van der Waals surface area contributed by atoms with Gasteiger partial charge in [-0.1, -0.05) is 64.7 Å². The van der Waals surface area contributed by atoms with Crippen LogP contribution in [0.4, 0.5) is 10.1 Å². The van der Waals surface area contributed by atoms with Crippen LogP contribution < -0.4 is 5.32 Å². The molecule has 1 aromatic carbocycles. The Morgan fingerprint density at radius 3 is 2.00 bits per heavy atom. The number of benzene rings is 1. The van der Waals surface area contributed by atoms with Gasteiger partial charge in [0.2, 0.25) is 0 Å². The first-order chi connectivity index (χ1) is 10.2. The van der Waals surface area contributed by atoms with Crippen molar-refractivity contribution in [2.45, 2.75) is 78.1 Å². The van der Waals surface area contributed by atoms with Gasteiger partial charge < -0.3 is 5.32 Å². The van der Waals surface area contributed by atoms with Gasteiger partial charge in [0.25, 0.3) is 0 Å². The molecule has 0 aromatic heterocycles. The molecule has 0 aliphatic heterocycles. The molecule has 0 saturated carbocycles. The van der Waals surface area contributed by atoms with Crippen LogP contribution in [0.2, 0.25) is 0 Å². The van der Waals surface area contributed by atoms with E-state index >= 15 is 0 Å². The van der Waals surface area contributed by atoms with E-state index < -0.39 is 0 Å². The second-order valence-electron chi connectivity index (χ2n) is 6.07. The van der Waals surface area contributed by atoms with Crippen molar-refractivity contribution in [1.29, 1.82) is 0 Å². The maximum atomic E-state index is 13.0. The highest BCUT2D eigenvalue weighted by Crippen LogP contribution is 2.16. The number of anilines is 1. The monoisotopic (exact) mass is 293 g/mol. The van der Waals surface area contributed by atoms with Crippen molar-refractivity contribution < 1.29 is 4.39 Å². The van der Waals surface area contributed by atoms with E-state index in [4.69, 9.17) is 0 Å². The number of aryl methyl sites for hydroxylation is 1. The summed E-state index contributed by atoms with van der Waals surface area (Å²) in [4.78, 5) is 0. The maximum Gasteiger partial charge on any atom is 0.123 e. The first-order valence-corrected chi connectivity index (χ1v) is 8.74. The van der Waals surface area contributed by atoms with E-state index in [9.17, 15) is 4.39 Å². The van der Waals surface area contributed by atoms with Gasteiger partial charge >= 0.3 is 0 Å². The van der Waals surface area contributed by atoms with E-state index in [-0.39, 0.29) is 5.82 Å². The van der Waals surface area contributed by atoms with Gasteiger partial charge in [-0.05, 0) is 37.1 Å². The molecule has 0 atom stereocenters. The van der Waals surface area contributed by atoms with E-state index in [2.05, 4.69) is 12.2 Å². The minimum atomic E-state index is -0.156. The van der Waals surface area contributed by atoms with Crippen LogP contribution in [0.25, 0.3) is 0 Å². The fraction of sp³-hybridized carbons (Fsp3) is 0.684. The van der Waals surface area contributed by atoms with Crippen LogP contribution in [0.1, 0.15) is 76.7 Å². The Bertz CT molecular complexity index is 376. The van der Waals surface area contributed by atoms with Crippen LogP contribution in [0.5, 0.6) is 0 Å². The lowest BCUT2D eigenvalue weighted by molar-refractivity contribution is 0.560. The van der Waals surface area contributed by atoms with Gasteiger partial charge in [-0.15, -0.1) is 0 Å². The van der Waals surface area contributed by atoms with Gasteiger partial charge in [0.15, 0.2) is 0 Å². The summed E-state index contributed by atoms with van der Waals surface area (Å²) in [6, 6.07) is 4.94. The lowest BCUT2D eigenvalue weighted by atomic mass is 10.1. The standard InChI is InChI=1S/C19H32FN/c1-3-4-5-6-7-8-9-10-11-12-15-21-19-14-13-18(20)16-17(19)2/h13-14,16,21H,3-12,15H2,1-2H3. The molecule has 0 saturated heterocycles. The average molecular weight is 293 g/mol. The number of nitrogens with one attached hydrogen (secondary N) is 1. The summed E-state index contributed by atoms with van der Waals surface area (Å²) in [6.07, 6.45) is 13.6. The highest BCUT2D eigenvalue weighted by molar-refractivity contribution is 5.50. The zero-order valence-electron chi connectivity index (χ0n) is 13.9. The fourth-order valence-corrected chi connectivity index (χ4v) is 2.66. The Morgan fingerprint density at radius 2 is 1.43 bits per heavy atom. The summed E-state index contributed by atoms with van der Waals surface area (Å²) in [5.74, 6) is -0.156. The molecule has 0 aliphatic rings. The molecule has 0 fully saturated rings. The third-order valence-corrected chi connectivity index (χ3v) is 4.03. The first-order valence-electron chi connectivity index (χ1n) is 8.74. The van der Waals surface area contributed by atoms with E-state index in [0.29, 0.717) is 0 Å². The summed E-state index contributed by atoms with van der Waals surface area (Å²) in [6.45, 7) is 5.20. The van der Waals surface area contributed by atoms with Crippen molar-refractivity contribution in [2.24, 2.45) is 0 Å². The fourth-order valence-electron chi connectivity index (χ4n) is 2.66. The van der Waals surface area contributed by atoms with Gasteiger partial charge in [0.1, 0.15) is 5.82 Å². The Morgan fingerprint density at radius 1 is 0.857 bits per heavy atom. The number of halogens is 1. The van der Waals surface area contributed by atoms with Crippen molar-refractivity contribution in [3.63, 3.8) is 0 Å². The molecule has 0 bridgehead atoms. The summed E-state index contributed by atoms with van der Waals surface area (Å²) in [5.41, 5.74) is 2.05. The molecule has 120 valence electrons. The minimum absolute atomic E-state index is 0.156. The zero-order chi connectivity index (χ0) is 15.3. The Balaban J connectivity index is 1.93. The minimum Gasteiger partial charge on any atom is -0.385 e. The first kappa shape index (κ1) is 18.0. The second-order valence-corrected chi connectivity index (χ2v) is 6.07. The topological polar surface area (TPSA) is 12.0 Å². The van der Waals surface area contributed by atoms with Crippen LogP contribution in [0, 0.1) is 12.7 Å². The van der Waals surface area contributed by atoms with Crippen LogP contribution in [0.3, 0.4) is 0 Å². The number of unbranched alkanes of at least 4 members (excludes halogenated alkanes) is 9. The van der Waals surface area contributed by atoms with Crippen molar-refractivity contribution in [3.8, 4) is 0 Å².